The van der Waals surface area contributed by atoms with Gasteiger partial charge in [-0.05, 0) is 55.9 Å². The lowest BCUT2D eigenvalue weighted by Gasteiger charge is -2.26. The summed E-state index contributed by atoms with van der Waals surface area (Å²) in [4.78, 5) is 33.8. The Kier molecular flexibility index (Phi) is 6.93. The first-order valence-electron chi connectivity index (χ1n) is 11.4. The molecule has 0 bridgehead atoms. The summed E-state index contributed by atoms with van der Waals surface area (Å²) in [5.41, 5.74) is 0.361. The van der Waals surface area contributed by atoms with E-state index in [1.54, 1.807) is 23.5 Å². The third kappa shape index (κ3) is 5.09. The monoisotopic (exact) mass is 487 g/mol. The minimum absolute atomic E-state index is 0.145. The number of anilines is 1. The van der Waals surface area contributed by atoms with Gasteiger partial charge < -0.3 is 10.1 Å². The number of nitrogens with zero attached hydrogens (tertiary/aromatic N) is 2. The number of alkyl halides is 2. The van der Waals surface area contributed by atoms with Gasteiger partial charge in [-0.3, -0.25) is 4.79 Å². The number of benzene rings is 1. The predicted molar refractivity (Wildman–Crippen MR) is 128 cm³/mol. The van der Waals surface area contributed by atoms with Crippen LogP contribution in [0.3, 0.4) is 0 Å². The number of nitrogens with one attached hydrogen (secondary N) is 1. The lowest BCUT2D eigenvalue weighted by atomic mass is 9.81. The van der Waals surface area contributed by atoms with Crippen molar-refractivity contribution in [2.24, 2.45) is 5.92 Å². The predicted octanol–water partition coefficient (Wildman–Crippen LogP) is 6.53. The third-order valence-electron chi connectivity index (χ3n) is 6.40. The number of thiazole rings is 1. The van der Waals surface area contributed by atoms with Crippen LogP contribution in [-0.2, 0) is 10.7 Å². The number of pyridine rings is 1. The topological polar surface area (TPSA) is 81.2 Å². The van der Waals surface area contributed by atoms with E-state index in [-0.39, 0.29) is 16.9 Å². The molecule has 0 aliphatic heterocycles. The van der Waals surface area contributed by atoms with Crippen LogP contribution in [0.2, 0.25) is 0 Å². The molecular weight excluding hydrogens is 460 g/mol. The van der Waals surface area contributed by atoms with Crippen LogP contribution in [0.4, 0.5) is 14.5 Å². The Labute approximate surface area is 200 Å². The average molecular weight is 488 g/mol. The molecule has 1 aliphatic rings. The Morgan fingerprint density at radius 2 is 1.91 bits per heavy atom. The van der Waals surface area contributed by atoms with Crippen molar-refractivity contribution < 1.29 is 23.1 Å². The van der Waals surface area contributed by atoms with Crippen molar-refractivity contribution in [2.75, 3.05) is 12.4 Å². The summed E-state index contributed by atoms with van der Waals surface area (Å²) in [6, 6.07) is 7.16. The molecule has 3 aromatic rings. The molecule has 2 aromatic heterocycles. The molecule has 0 atom stereocenters. The number of methoxy groups -OCH3 is 1. The van der Waals surface area contributed by atoms with Crippen LogP contribution in [-0.4, -0.2) is 29.0 Å². The van der Waals surface area contributed by atoms with Gasteiger partial charge in [0.15, 0.2) is 0 Å². The van der Waals surface area contributed by atoms with Crippen molar-refractivity contribution in [2.45, 2.75) is 57.8 Å². The highest BCUT2D eigenvalue weighted by Crippen LogP contribution is 2.40. The standard InChI is InChI=1S/C25H27F2N3O3S/c1-4-14-8-10-15(11-9-14)23-30-19-12-16(24(32)33-3)18(13-20(19)34-23)29-22(31)17-6-5-7-21(28-17)25(2,26)27/h5-7,12-15H,4,8-11H2,1-3H3,(H,29,31)/t14-,15-. The second-order valence-electron chi connectivity index (χ2n) is 8.79. The highest BCUT2D eigenvalue weighted by molar-refractivity contribution is 7.18. The molecule has 1 saturated carbocycles. The van der Waals surface area contributed by atoms with Gasteiger partial charge in [-0.1, -0.05) is 19.4 Å². The SMILES string of the molecule is CC[C@H]1CC[C@H](c2nc3cc(C(=O)OC)c(NC(=O)c4cccc(C(C)(F)F)n4)cc3s2)CC1. The number of fused-ring (bicyclic) bond motifs is 1. The minimum Gasteiger partial charge on any atom is -0.465 e. The quantitative estimate of drug-likeness (QED) is 0.400. The Hall–Kier alpha value is -2.94. The van der Waals surface area contributed by atoms with Crippen LogP contribution in [0.1, 0.15) is 83.4 Å². The van der Waals surface area contributed by atoms with E-state index >= 15 is 0 Å². The maximum absolute atomic E-state index is 13.7. The Bertz CT molecular complexity index is 1210. The van der Waals surface area contributed by atoms with Crippen molar-refractivity contribution >= 4 is 39.1 Å². The molecule has 1 amide bonds. The first-order chi connectivity index (χ1) is 16.2. The lowest BCUT2D eigenvalue weighted by molar-refractivity contribution is 0.0126. The summed E-state index contributed by atoms with van der Waals surface area (Å²) in [5.74, 6) is -3.34. The smallest absolute Gasteiger partial charge is 0.340 e. The Morgan fingerprint density at radius 3 is 2.56 bits per heavy atom. The molecule has 1 aromatic carbocycles. The van der Waals surface area contributed by atoms with Crippen LogP contribution < -0.4 is 5.32 Å². The first kappa shape index (κ1) is 24.2. The molecule has 0 saturated heterocycles. The summed E-state index contributed by atoms with van der Waals surface area (Å²) in [6.07, 6.45) is 5.76. The molecule has 34 heavy (non-hydrogen) atoms. The van der Waals surface area contributed by atoms with Gasteiger partial charge in [-0.15, -0.1) is 11.3 Å². The summed E-state index contributed by atoms with van der Waals surface area (Å²) in [7, 11) is 1.26. The summed E-state index contributed by atoms with van der Waals surface area (Å²) in [5, 5.41) is 3.68. The number of hydrogen-bond donors (Lipinski definition) is 1. The van der Waals surface area contributed by atoms with Crippen LogP contribution in [0.25, 0.3) is 10.2 Å². The van der Waals surface area contributed by atoms with E-state index < -0.39 is 23.5 Å². The van der Waals surface area contributed by atoms with Gasteiger partial charge in [-0.25, -0.2) is 14.8 Å². The van der Waals surface area contributed by atoms with Crippen LogP contribution in [0, 0.1) is 5.92 Å². The highest BCUT2D eigenvalue weighted by Gasteiger charge is 2.28. The highest BCUT2D eigenvalue weighted by atomic mass is 32.1. The van der Waals surface area contributed by atoms with E-state index in [0.29, 0.717) is 11.4 Å². The molecule has 1 aliphatic carbocycles. The van der Waals surface area contributed by atoms with E-state index in [9.17, 15) is 18.4 Å². The fourth-order valence-corrected chi connectivity index (χ4v) is 5.52. The molecule has 0 radical (unpaired) electrons. The summed E-state index contributed by atoms with van der Waals surface area (Å²) < 4.78 is 33.0. The molecule has 9 heteroatoms. The van der Waals surface area contributed by atoms with Crippen LogP contribution in [0.15, 0.2) is 30.3 Å². The van der Waals surface area contributed by atoms with Gasteiger partial charge in [0.25, 0.3) is 11.8 Å². The number of rotatable bonds is 6. The Balaban J connectivity index is 1.65. The van der Waals surface area contributed by atoms with Gasteiger partial charge in [0.05, 0.1) is 33.6 Å². The number of hydrogen-bond acceptors (Lipinski definition) is 6. The second-order valence-corrected chi connectivity index (χ2v) is 9.85. The molecular formula is C25H27F2N3O3S. The second kappa shape index (κ2) is 9.74. The summed E-state index contributed by atoms with van der Waals surface area (Å²) >= 11 is 1.55. The van der Waals surface area contributed by atoms with Gasteiger partial charge in [0.2, 0.25) is 0 Å². The van der Waals surface area contributed by atoms with Crippen molar-refractivity contribution in [1.82, 2.24) is 9.97 Å². The van der Waals surface area contributed by atoms with Crippen molar-refractivity contribution in [3.05, 3.63) is 52.3 Å². The third-order valence-corrected chi connectivity index (χ3v) is 7.58. The van der Waals surface area contributed by atoms with Crippen molar-refractivity contribution in [3.63, 3.8) is 0 Å². The number of carbonyl (C=O) groups is 2. The normalized spacial score (nSPS) is 18.6. The number of aromatic nitrogens is 2. The summed E-state index contributed by atoms with van der Waals surface area (Å²) in [6.45, 7) is 2.95. The van der Waals surface area contributed by atoms with Gasteiger partial charge >= 0.3 is 5.97 Å². The minimum atomic E-state index is -3.18. The molecule has 2 heterocycles. The number of ether oxygens (including phenoxy) is 1. The fraction of sp³-hybridized carbons (Fsp3) is 0.440. The molecule has 0 unspecified atom stereocenters. The Morgan fingerprint density at radius 1 is 1.18 bits per heavy atom. The fourth-order valence-electron chi connectivity index (χ4n) is 4.36. The number of carbonyl (C=O) groups excluding carboxylic acids is 2. The van der Waals surface area contributed by atoms with E-state index in [2.05, 4.69) is 17.2 Å². The lowest BCUT2D eigenvalue weighted by Crippen LogP contribution is -2.19. The van der Waals surface area contributed by atoms with E-state index in [4.69, 9.17) is 9.72 Å². The number of esters is 1. The van der Waals surface area contributed by atoms with E-state index in [1.807, 2.05) is 0 Å². The largest absolute Gasteiger partial charge is 0.465 e. The van der Waals surface area contributed by atoms with Crippen LogP contribution >= 0.6 is 11.3 Å². The molecule has 1 N–H and O–H groups in total. The van der Waals surface area contributed by atoms with Gasteiger partial charge in [0, 0.05) is 12.8 Å². The molecule has 6 nitrogen and oxygen atoms in total. The zero-order valence-electron chi connectivity index (χ0n) is 19.4. The van der Waals surface area contributed by atoms with Crippen LogP contribution in [0.5, 0.6) is 0 Å². The number of amides is 1. The zero-order valence-corrected chi connectivity index (χ0v) is 20.2. The maximum Gasteiger partial charge on any atom is 0.340 e. The van der Waals surface area contributed by atoms with Crippen molar-refractivity contribution in [3.8, 4) is 0 Å². The molecule has 180 valence electrons. The number of halogens is 2. The first-order valence-corrected chi connectivity index (χ1v) is 12.2. The molecule has 0 spiro atoms. The maximum atomic E-state index is 13.7. The molecule has 4 rings (SSSR count). The van der Waals surface area contributed by atoms with Gasteiger partial charge in [-0.2, -0.15) is 8.78 Å². The zero-order chi connectivity index (χ0) is 24.5. The van der Waals surface area contributed by atoms with E-state index in [1.165, 1.54) is 38.5 Å². The van der Waals surface area contributed by atoms with Gasteiger partial charge in [0.1, 0.15) is 11.4 Å². The molecule has 1 fully saturated rings. The average Bonchev–Trinajstić information content (AvgIpc) is 3.25. The van der Waals surface area contributed by atoms with Crippen molar-refractivity contribution in [1.29, 1.82) is 0 Å². The van der Waals surface area contributed by atoms with E-state index in [0.717, 1.165) is 41.5 Å².